The molecule has 0 fully saturated rings. The molecule has 0 saturated carbocycles. The van der Waals surface area contributed by atoms with Gasteiger partial charge in [0.05, 0.1) is 7.11 Å². The Bertz CT molecular complexity index is 258. The summed E-state index contributed by atoms with van der Waals surface area (Å²) in [4.78, 5) is 13.6. The first-order chi connectivity index (χ1) is 5.16. The third-order valence-electron chi connectivity index (χ3n) is 1.45. The average molecular weight is 155 g/mol. The second kappa shape index (κ2) is 2.65. The van der Waals surface area contributed by atoms with Gasteiger partial charge < -0.3 is 14.8 Å². The predicted octanol–water partition coefficient (Wildman–Crippen LogP) is 0.815. The minimum absolute atomic E-state index is 0.0747. The third-order valence-corrected chi connectivity index (χ3v) is 1.45. The first-order valence-electron chi connectivity index (χ1n) is 3.12. The van der Waals surface area contributed by atoms with Crippen LogP contribution in [0.4, 0.5) is 0 Å². The smallest absolute Gasteiger partial charge is 0.343 e. The second-order valence-corrected chi connectivity index (χ2v) is 2.17. The van der Waals surface area contributed by atoms with Crippen LogP contribution >= 0.6 is 0 Å². The molecule has 0 aromatic carbocycles. The minimum Gasteiger partial charge on any atom is -0.505 e. The van der Waals surface area contributed by atoms with E-state index in [0.717, 1.165) is 0 Å². The number of aromatic amines is 1. The number of H-pyrrole nitrogens is 1. The van der Waals surface area contributed by atoms with Crippen LogP contribution in [0.1, 0.15) is 16.1 Å². The van der Waals surface area contributed by atoms with Crippen molar-refractivity contribution in [2.75, 3.05) is 7.11 Å². The molecule has 0 amide bonds. The molecule has 0 bridgehead atoms. The zero-order valence-corrected chi connectivity index (χ0v) is 6.34. The highest BCUT2D eigenvalue weighted by molar-refractivity contribution is 5.93. The molecule has 0 atom stereocenters. The molecule has 1 aromatic heterocycles. The topological polar surface area (TPSA) is 62.3 Å². The van der Waals surface area contributed by atoms with E-state index in [1.165, 1.54) is 13.3 Å². The van der Waals surface area contributed by atoms with E-state index in [1.807, 2.05) is 0 Å². The summed E-state index contributed by atoms with van der Waals surface area (Å²) in [5.74, 6) is -0.601. The Morgan fingerprint density at radius 1 is 1.73 bits per heavy atom. The van der Waals surface area contributed by atoms with Crippen molar-refractivity contribution in [3.05, 3.63) is 17.5 Å². The SMILES string of the molecule is COC(=O)c1c(O)c[nH]c1C. The largest absolute Gasteiger partial charge is 0.505 e. The Morgan fingerprint density at radius 2 is 2.36 bits per heavy atom. The van der Waals surface area contributed by atoms with E-state index in [0.29, 0.717) is 5.69 Å². The van der Waals surface area contributed by atoms with Gasteiger partial charge in [0.1, 0.15) is 11.3 Å². The quantitative estimate of drug-likeness (QED) is 0.590. The first-order valence-corrected chi connectivity index (χ1v) is 3.12. The molecular formula is C7H9NO3. The lowest BCUT2D eigenvalue weighted by Gasteiger charge is -1.96. The molecule has 0 radical (unpaired) electrons. The van der Waals surface area contributed by atoms with Crippen LogP contribution in [-0.4, -0.2) is 23.2 Å². The van der Waals surface area contributed by atoms with Crippen molar-refractivity contribution in [3.63, 3.8) is 0 Å². The number of methoxy groups -OCH3 is 1. The normalized spacial score (nSPS) is 9.64. The highest BCUT2D eigenvalue weighted by Crippen LogP contribution is 2.20. The zero-order chi connectivity index (χ0) is 8.43. The van der Waals surface area contributed by atoms with E-state index >= 15 is 0 Å². The molecule has 0 saturated heterocycles. The molecule has 0 unspecified atom stereocenters. The van der Waals surface area contributed by atoms with Gasteiger partial charge in [-0.3, -0.25) is 0 Å². The third kappa shape index (κ3) is 1.19. The maximum atomic E-state index is 10.9. The molecule has 0 aliphatic rings. The van der Waals surface area contributed by atoms with Gasteiger partial charge >= 0.3 is 5.97 Å². The van der Waals surface area contributed by atoms with Crippen molar-refractivity contribution in [2.24, 2.45) is 0 Å². The molecule has 0 spiro atoms. The van der Waals surface area contributed by atoms with Crippen molar-refractivity contribution in [1.82, 2.24) is 4.98 Å². The number of ether oxygens (including phenoxy) is 1. The average Bonchev–Trinajstić information content (AvgIpc) is 2.30. The summed E-state index contributed by atoms with van der Waals surface area (Å²) >= 11 is 0. The zero-order valence-electron chi connectivity index (χ0n) is 6.34. The fourth-order valence-electron chi connectivity index (χ4n) is 0.873. The van der Waals surface area contributed by atoms with Gasteiger partial charge in [0.15, 0.2) is 0 Å². The van der Waals surface area contributed by atoms with E-state index in [9.17, 15) is 4.79 Å². The van der Waals surface area contributed by atoms with E-state index < -0.39 is 5.97 Å². The second-order valence-electron chi connectivity index (χ2n) is 2.17. The van der Waals surface area contributed by atoms with Gasteiger partial charge in [-0.25, -0.2) is 4.79 Å². The molecule has 1 rings (SSSR count). The fraction of sp³-hybridized carbons (Fsp3) is 0.286. The Morgan fingerprint density at radius 3 is 2.73 bits per heavy atom. The highest BCUT2D eigenvalue weighted by Gasteiger charge is 2.15. The number of nitrogens with one attached hydrogen (secondary N) is 1. The molecule has 60 valence electrons. The van der Waals surface area contributed by atoms with E-state index in [4.69, 9.17) is 5.11 Å². The Hall–Kier alpha value is -1.45. The Kier molecular flexibility index (Phi) is 1.85. The molecule has 0 aliphatic heterocycles. The lowest BCUT2D eigenvalue weighted by molar-refractivity contribution is 0.0597. The summed E-state index contributed by atoms with van der Waals surface area (Å²) < 4.78 is 4.44. The lowest BCUT2D eigenvalue weighted by Crippen LogP contribution is -2.01. The Balaban J connectivity index is 3.10. The van der Waals surface area contributed by atoms with Crippen molar-refractivity contribution in [2.45, 2.75) is 6.92 Å². The van der Waals surface area contributed by atoms with Crippen LogP contribution < -0.4 is 0 Å². The molecule has 11 heavy (non-hydrogen) atoms. The van der Waals surface area contributed by atoms with Crippen LogP contribution in [0, 0.1) is 6.92 Å². The van der Waals surface area contributed by atoms with Gasteiger partial charge in [0, 0.05) is 11.9 Å². The van der Waals surface area contributed by atoms with E-state index in [-0.39, 0.29) is 11.3 Å². The van der Waals surface area contributed by atoms with Gasteiger partial charge in [-0.2, -0.15) is 0 Å². The predicted molar refractivity (Wildman–Crippen MR) is 38.5 cm³/mol. The standard InChI is InChI=1S/C7H9NO3/c1-4-6(7(10)11-2)5(9)3-8-4/h3,8-9H,1-2H3. The molecule has 1 aromatic rings. The van der Waals surface area contributed by atoms with Crippen molar-refractivity contribution >= 4 is 5.97 Å². The summed E-state index contributed by atoms with van der Waals surface area (Å²) in [6.07, 6.45) is 1.35. The van der Waals surface area contributed by atoms with Crippen molar-refractivity contribution in [1.29, 1.82) is 0 Å². The lowest BCUT2D eigenvalue weighted by atomic mass is 10.2. The van der Waals surface area contributed by atoms with Crippen LogP contribution in [0.15, 0.2) is 6.20 Å². The number of hydrogen-bond acceptors (Lipinski definition) is 3. The van der Waals surface area contributed by atoms with Crippen LogP contribution in [0.5, 0.6) is 5.75 Å². The Labute approximate surface area is 63.8 Å². The van der Waals surface area contributed by atoms with Gasteiger partial charge in [0.2, 0.25) is 0 Å². The first kappa shape index (κ1) is 7.65. The summed E-state index contributed by atoms with van der Waals surface area (Å²) in [6, 6.07) is 0. The van der Waals surface area contributed by atoms with Crippen molar-refractivity contribution < 1.29 is 14.6 Å². The molecule has 0 aliphatic carbocycles. The van der Waals surface area contributed by atoms with Gasteiger partial charge in [-0.05, 0) is 6.92 Å². The highest BCUT2D eigenvalue weighted by atomic mass is 16.5. The molecular weight excluding hydrogens is 146 g/mol. The molecule has 1 heterocycles. The number of esters is 1. The van der Waals surface area contributed by atoms with Gasteiger partial charge in [-0.15, -0.1) is 0 Å². The molecule has 4 nitrogen and oxygen atoms in total. The summed E-state index contributed by atoms with van der Waals surface area (Å²) in [5.41, 5.74) is 0.807. The number of carbonyl (C=O) groups is 1. The maximum Gasteiger partial charge on any atom is 0.343 e. The fourth-order valence-corrected chi connectivity index (χ4v) is 0.873. The van der Waals surface area contributed by atoms with Crippen LogP contribution in [0.25, 0.3) is 0 Å². The van der Waals surface area contributed by atoms with Crippen LogP contribution in [0.3, 0.4) is 0 Å². The van der Waals surface area contributed by atoms with Crippen molar-refractivity contribution in [3.8, 4) is 5.75 Å². The monoisotopic (exact) mass is 155 g/mol. The number of aryl methyl sites for hydroxylation is 1. The summed E-state index contributed by atoms with van der Waals surface area (Å²) in [6.45, 7) is 1.69. The summed E-state index contributed by atoms with van der Waals surface area (Å²) in [7, 11) is 1.27. The number of aromatic nitrogens is 1. The van der Waals surface area contributed by atoms with Crippen LogP contribution in [-0.2, 0) is 4.74 Å². The van der Waals surface area contributed by atoms with Gasteiger partial charge in [-0.1, -0.05) is 0 Å². The van der Waals surface area contributed by atoms with Gasteiger partial charge in [0.25, 0.3) is 0 Å². The number of rotatable bonds is 1. The summed E-state index contributed by atoms with van der Waals surface area (Å²) in [5, 5.41) is 9.10. The maximum absolute atomic E-state index is 10.9. The minimum atomic E-state index is -0.527. The number of carbonyl (C=O) groups excluding carboxylic acids is 1. The van der Waals surface area contributed by atoms with E-state index in [1.54, 1.807) is 6.92 Å². The number of hydrogen-bond donors (Lipinski definition) is 2. The molecule has 2 N–H and O–H groups in total. The molecule has 4 heteroatoms. The number of aromatic hydroxyl groups is 1. The van der Waals surface area contributed by atoms with E-state index in [2.05, 4.69) is 9.72 Å². The van der Waals surface area contributed by atoms with Crippen LogP contribution in [0.2, 0.25) is 0 Å².